The van der Waals surface area contributed by atoms with Crippen LogP contribution >= 0.6 is 0 Å². The largest absolute Gasteiger partial charge is 0.493 e. The fourth-order valence-corrected chi connectivity index (χ4v) is 2.82. The van der Waals surface area contributed by atoms with Gasteiger partial charge in [-0.1, -0.05) is 12.1 Å². The van der Waals surface area contributed by atoms with Gasteiger partial charge < -0.3 is 10.1 Å². The number of pyridine rings is 1. The number of hydrogen-bond donors (Lipinski definition) is 1. The smallest absolute Gasteiger partial charge is 0.249 e. The Bertz CT molecular complexity index is 947. The molecule has 0 spiro atoms. The first-order valence-electron chi connectivity index (χ1n) is 8.44. The number of anilines is 1. The highest BCUT2D eigenvalue weighted by atomic mass is 16.5. The second-order valence-electron chi connectivity index (χ2n) is 6.01. The molecule has 1 aliphatic rings. The van der Waals surface area contributed by atoms with Gasteiger partial charge in [-0.3, -0.25) is 14.5 Å². The van der Waals surface area contributed by atoms with Crippen LogP contribution in [0.15, 0.2) is 60.9 Å². The fourth-order valence-electron chi connectivity index (χ4n) is 2.82. The number of benzene rings is 1. The minimum atomic E-state index is -0.218. The zero-order chi connectivity index (χ0) is 17.8. The molecule has 0 saturated heterocycles. The molecule has 0 saturated carbocycles. The van der Waals surface area contributed by atoms with Crippen molar-refractivity contribution in [2.45, 2.75) is 13.0 Å². The Balaban J connectivity index is 1.36. The van der Waals surface area contributed by atoms with E-state index in [1.54, 1.807) is 23.0 Å². The summed E-state index contributed by atoms with van der Waals surface area (Å²) in [6, 6.07) is 13.4. The normalized spacial score (nSPS) is 12.8. The minimum absolute atomic E-state index is 0.218. The molecule has 0 radical (unpaired) electrons. The van der Waals surface area contributed by atoms with Crippen molar-refractivity contribution in [3.63, 3.8) is 0 Å². The van der Waals surface area contributed by atoms with Crippen LogP contribution in [0.1, 0.15) is 16.8 Å². The Morgan fingerprint density at radius 1 is 1.27 bits per heavy atom. The molecule has 0 unspecified atom stereocenters. The van der Waals surface area contributed by atoms with E-state index >= 15 is 0 Å². The molecule has 1 aromatic carbocycles. The summed E-state index contributed by atoms with van der Waals surface area (Å²) in [5.41, 5.74) is 3.07. The number of nitrogens with zero attached hydrogens (tertiary/aromatic N) is 3. The molecule has 3 aromatic rings. The molecule has 1 aliphatic heterocycles. The van der Waals surface area contributed by atoms with Crippen LogP contribution in [0.5, 0.6) is 5.75 Å². The highest BCUT2D eigenvalue weighted by Crippen LogP contribution is 2.26. The monoisotopic (exact) mass is 346 g/mol. The van der Waals surface area contributed by atoms with Crippen molar-refractivity contribution in [1.82, 2.24) is 14.8 Å². The summed E-state index contributed by atoms with van der Waals surface area (Å²) in [5.74, 6) is 1.23. The summed E-state index contributed by atoms with van der Waals surface area (Å²) >= 11 is 0. The van der Waals surface area contributed by atoms with Gasteiger partial charge in [0.25, 0.3) is 0 Å². The lowest BCUT2D eigenvalue weighted by molar-refractivity contribution is -0.111. The van der Waals surface area contributed by atoms with E-state index in [2.05, 4.69) is 15.4 Å². The third-order valence-corrected chi connectivity index (χ3v) is 4.08. The summed E-state index contributed by atoms with van der Waals surface area (Å²) in [7, 11) is 0. The number of carbonyl (C=O) groups is 1. The molecule has 0 bridgehead atoms. The van der Waals surface area contributed by atoms with E-state index in [0.29, 0.717) is 12.4 Å². The molecule has 1 N–H and O–H groups in total. The van der Waals surface area contributed by atoms with Gasteiger partial charge in [-0.25, -0.2) is 0 Å². The molecule has 26 heavy (non-hydrogen) atoms. The number of rotatable bonds is 5. The lowest BCUT2D eigenvalue weighted by Crippen LogP contribution is -2.09. The summed E-state index contributed by atoms with van der Waals surface area (Å²) < 4.78 is 7.22. The molecular weight excluding hydrogens is 328 g/mol. The minimum Gasteiger partial charge on any atom is -0.493 e. The van der Waals surface area contributed by atoms with Crippen LogP contribution in [0, 0.1) is 0 Å². The lowest BCUT2D eigenvalue weighted by Gasteiger charge is -2.01. The first-order chi connectivity index (χ1) is 12.8. The Labute approximate surface area is 151 Å². The third kappa shape index (κ3) is 3.80. The van der Waals surface area contributed by atoms with Crippen molar-refractivity contribution in [2.24, 2.45) is 0 Å². The molecule has 4 rings (SSSR count). The van der Waals surface area contributed by atoms with Gasteiger partial charge in [-0.15, -0.1) is 0 Å². The van der Waals surface area contributed by atoms with Crippen molar-refractivity contribution in [1.29, 1.82) is 0 Å². The third-order valence-electron chi connectivity index (χ3n) is 4.08. The Morgan fingerprint density at radius 3 is 3.12 bits per heavy atom. The first kappa shape index (κ1) is 16.1. The number of amides is 1. The number of aromatic nitrogens is 3. The van der Waals surface area contributed by atoms with Gasteiger partial charge in [-0.2, -0.15) is 5.10 Å². The second kappa shape index (κ2) is 7.23. The van der Waals surface area contributed by atoms with Gasteiger partial charge in [0.1, 0.15) is 5.75 Å². The van der Waals surface area contributed by atoms with Gasteiger partial charge in [0.15, 0.2) is 5.82 Å². The van der Waals surface area contributed by atoms with Crippen LogP contribution in [0.3, 0.4) is 0 Å². The Kier molecular flexibility index (Phi) is 4.47. The van der Waals surface area contributed by atoms with Crippen molar-refractivity contribution in [2.75, 3.05) is 11.9 Å². The van der Waals surface area contributed by atoms with Crippen molar-refractivity contribution < 1.29 is 9.53 Å². The maximum absolute atomic E-state index is 12.1. The predicted molar refractivity (Wildman–Crippen MR) is 98.9 cm³/mol. The molecular formula is C20H18N4O2. The van der Waals surface area contributed by atoms with Gasteiger partial charge in [0.2, 0.25) is 5.91 Å². The lowest BCUT2D eigenvalue weighted by atomic mass is 10.1. The van der Waals surface area contributed by atoms with Crippen LogP contribution in [-0.4, -0.2) is 27.3 Å². The van der Waals surface area contributed by atoms with Crippen molar-refractivity contribution in [3.8, 4) is 5.75 Å². The van der Waals surface area contributed by atoms with E-state index in [1.807, 2.05) is 42.6 Å². The molecule has 0 aliphatic carbocycles. The zero-order valence-electron chi connectivity index (χ0n) is 14.1. The van der Waals surface area contributed by atoms with E-state index < -0.39 is 0 Å². The summed E-state index contributed by atoms with van der Waals surface area (Å²) in [4.78, 5) is 16.4. The number of hydrogen-bond acceptors (Lipinski definition) is 4. The van der Waals surface area contributed by atoms with E-state index in [9.17, 15) is 4.79 Å². The van der Waals surface area contributed by atoms with Gasteiger partial charge in [-0.05, 0) is 41.5 Å². The van der Waals surface area contributed by atoms with Crippen LogP contribution in [-0.2, 0) is 17.8 Å². The average molecular weight is 346 g/mol. The maximum Gasteiger partial charge on any atom is 0.249 e. The molecule has 6 heteroatoms. The number of ether oxygens (including phenoxy) is 1. The van der Waals surface area contributed by atoms with Gasteiger partial charge >= 0.3 is 0 Å². The maximum atomic E-state index is 12.1. The highest BCUT2D eigenvalue weighted by Gasteiger charge is 2.11. The molecule has 3 heterocycles. The summed E-state index contributed by atoms with van der Waals surface area (Å²) in [6.07, 6.45) is 7.77. The highest BCUT2D eigenvalue weighted by molar-refractivity contribution is 6.01. The molecule has 1 amide bonds. The topological polar surface area (TPSA) is 69.0 Å². The van der Waals surface area contributed by atoms with E-state index in [0.717, 1.165) is 30.0 Å². The number of fused-ring (bicyclic) bond motifs is 1. The molecule has 130 valence electrons. The number of carbonyl (C=O) groups excluding carboxylic acids is 1. The predicted octanol–water partition coefficient (Wildman–Crippen LogP) is 2.91. The van der Waals surface area contributed by atoms with Crippen LogP contribution < -0.4 is 10.1 Å². The zero-order valence-corrected chi connectivity index (χ0v) is 14.1. The standard InChI is InChI=1S/C20H18N4O2/c25-20(7-5-15-4-6-18-16(13-15)9-12-26-18)22-19-8-11-24(23-19)14-17-3-1-2-10-21-17/h1-8,10-11,13H,9,12,14H2,(H,22,23,25). The SMILES string of the molecule is O=C(C=Cc1ccc2c(c1)CCO2)Nc1ccn(Cc2ccccn2)n1. The molecule has 0 fully saturated rings. The quantitative estimate of drug-likeness (QED) is 0.721. The molecule has 0 atom stereocenters. The Hall–Kier alpha value is -3.41. The second-order valence-corrected chi connectivity index (χ2v) is 6.01. The first-order valence-corrected chi connectivity index (χ1v) is 8.44. The van der Waals surface area contributed by atoms with Crippen LogP contribution in [0.25, 0.3) is 6.08 Å². The fraction of sp³-hybridized carbons (Fsp3) is 0.150. The Morgan fingerprint density at radius 2 is 2.23 bits per heavy atom. The van der Waals surface area contributed by atoms with E-state index in [-0.39, 0.29) is 5.91 Å². The van der Waals surface area contributed by atoms with Crippen LogP contribution in [0.4, 0.5) is 5.82 Å². The van der Waals surface area contributed by atoms with Crippen molar-refractivity contribution >= 4 is 17.8 Å². The average Bonchev–Trinajstić information content (AvgIpc) is 3.29. The van der Waals surface area contributed by atoms with E-state index in [4.69, 9.17) is 4.74 Å². The van der Waals surface area contributed by atoms with Gasteiger partial charge in [0.05, 0.1) is 18.8 Å². The van der Waals surface area contributed by atoms with Crippen LogP contribution in [0.2, 0.25) is 0 Å². The summed E-state index contributed by atoms with van der Waals surface area (Å²) in [6.45, 7) is 1.29. The summed E-state index contributed by atoms with van der Waals surface area (Å²) in [5, 5.41) is 7.11. The number of nitrogens with one attached hydrogen (secondary N) is 1. The molecule has 6 nitrogen and oxygen atoms in total. The van der Waals surface area contributed by atoms with Gasteiger partial charge in [0, 0.05) is 31.0 Å². The van der Waals surface area contributed by atoms with Crippen molar-refractivity contribution in [3.05, 3.63) is 77.8 Å². The molecule has 2 aromatic heterocycles. The van der Waals surface area contributed by atoms with E-state index in [1.165, 1.54) is 11.6 Å².